The van der Waals surface area contributed by atoms with Crippen molar-refractivity contribution in [1.82, 2.24) is 0 Å². The van der Waals surface area contributed by atoms with E-state index in [4.69, 9.17) is 0 Å². The zero-order chi connectivity index (χ0) is 101. The molecule has 6 heteroatoms. The average Bonchev–Trinajstić information content (AvgIpc) is 1.61. The first-order chi connectivity index (χ1) is 68.1. The summed E-state index contributed by atoms with van der Waals surface area (Å²) in [6.07, 6.45) is 116. The molecule has 4 aromatic rings. The van der Waals surface area contributed by atoms with Gasteiger partial charge in [-0.25, -0.2) is 9.39 Å². The SMILES string of the molecule is CCCCCCC1=C(c2cccc(CCCCCC)c2)[N+](=[N-])C(c2ccc(CCCC)cc2)=C1CCCCC.CCCCCCCCc1cccc(C2=C(CCCCCC)C(CCCCC)=C(c3ccc(CCCC)cc3)[N+]2=[N-])c1.[CH2-]C.[CH2-]C.[CH2-]CCCCCCCCCCCCCCCCCCCCCCCCCC.[CH2-]CCCCCCCCCCCCCCCCCCCCCCCCCC.[Ni+2].[Ni+2]. The minimum atomic E-state index is 0. The maximum atomic E-state index is 12.0. The van der Waals surface area contributed by atoms with Gasteiger partial charge < -0.3 is 38.8 Å². The van der Waals surface area contributed by atoms with E-state index >= 15 is 0 Å². The molecule has 4 aromatic carbocycles. The van der Waals surface area contributed by atoms with Gasteiger partial charge >= 0.3 is 33.0 Å². The van der Waals surface area contributed by atoms with Crippen molar-refractivity contribution >= 4 is 22.8 Å². The first-order valence-corrected chi connectivity index (χ1v) is 61.4. The summed E-state index contributed by atoms with van der Waals surface area (Å²) in [6.45, 7) is 40.6. The van der Waals surface area contributed by atoms with E-state index in [-0.39, 0.29) is 33.0 Å². The third-order valence-corrected chi connectivity index (χ3v) is 29.2. The maximum Gasteiger partial charge on any atom is 2.00 e. The molecule has 140 heavy (non-hydrogen) atoms. The van der Waals surface area contributed by atoms with Gasteiger partial charge in [-0.2, -0.15) is 26.7 Å². The van der Waals surface area contributed by atoms with Crippen molar-refractivity contribution in [3.63, 3.8) is 0 Å². The number of hydrogen-bond acceptors (Lipinski definition) is 0. The van der Waals surface area contributed by atoms with Crippen LogP contribution in [0.15, 0.2) is 119 Å². The predicted octanol–water partition coefficient (Wildman–Crippen LogP) is 47.4. The smallest absolute Gasteiger partial charge is 0.493 e. The number of aryl methyl sites for hydroxylation is 4. The molecule has 0 aromatic heterocycles. The standard InChI is InChI=1S/C39H58N2.C37H54N2.2C27H55.2C2H5.2Ni/c1-5-9-13-15-16-18-22-33-23-20-24-35(31-33)39-37(26-19-14-10-6-2)36(25-17-11-7-3)38(41(39)40)34-29-27-32(28-30-34)21-12-8-4;1-5-9-13-16-20-31-21-18-22-33(29-31)37-35(24-17-14-10-6-2)34(23-15-11-7-3)36(39(37)38)32-27-25-30(26-28-32)19-12-8-4;2*1-3-5-7-9-11-13-15-17-19-21-23-25-27-26-24-22-20-18-16-14-12-10-8-6-4-2;2*1-2;;/h20,23-24,27-31H,5-19,21-22,25-26H2,1-4H3;18,21-22,25-29H,5-17,19-20,23-24H2,1-4H3;2*1,3-27H2,2H3;2*1H2,2H3;;/q;;4*-1;2*+2. The monoisotopic (exact) mass is 2010 g/mol. The molecular formula is C134H232N4Ni2. The molecule has 0 fully saturated rings. The molecule has 0 amide bonds. The molecule has 0 saturated carbocycles. The Labute approximate surface area is 896 Å². The van der Waals surface area contributed by atoms with Gasteiger partial charge in [-0.15, -0.1) is 0 Å². The Morgan fingerprint density at radius 2 is 0.329 bits per heavy atom. The minimum absolute atomic E-state index is 0. The summed E-state index contributed by atoms with van der Waals surface area (Å²) in [4.78, 5) is 0. The van der Waals surface area contributed by atoms with Crippen LogP contribution in [0.25, 0.3) is 33.9 Å². The number of rotatable bonds is 88. The van der Waals surface area contributed by atoms with Gasteiger partial charge in [0.15, 0.2) is 0 Å². The second-order valence-corrected chi connectivity index (χ2v) is 41.8. The van der Waals surface area contributed by atoms with E-state index in [2.05, 4.69) is 194 Å². The summed E-state index contributed by atoms with van der Waals surface area (Å²) in [5.41, 5.74) is 43.6. The van der Waals surface area contributed by atoms with E-state index in [0.717, 1.165) is 98.1 Å². The van der Waals surface area contributed by atoms with Gasteiger partial charge in [0.05, 0.1) is 0 Å². The summed E-state index contributed by atoms with van der Waals surface area (Å²) < 4.78 is 3.13. The molecule has 0 atom stereocenters. The van der Waals surface area contributed by atoms with Gasteiger partial charge in [-0.3, -0.25) is 0 Å². The average molecular weight is 2020 g/mol. The van der Waals surface area contributed by atoms with Crippen LogP contribution in [0, 0.1) is 27.7 Å². The first-order valence-electron chi connectivity index (χ1n) is 61.4. The molecule has 6 rings (SSSR count). The molecule has 2 aliphatic heterocycles. The predicted molar refractivity (Wildman–Crippen MR) is 624 cm³/mol. The molecular weight excluding hydrogens is 1780 g/mol. The van der Waals surface area contributed by atoms with Crippen LogP contribution in [0.5, 0.6) is 0 Å². The Morgan fingerprint density at radius 1 is 0.171 bits per heavy atom. The van der Waals surface area contributed by atoms with E-state index in [1.54, 1.807) is 23.2 Å². The van der Waals surface area contributed by atoms with Gasteiger partial charge in [0.25, 0.3) is 0 Å². The van der Waals surface area contributed by atoms with Crippen LogP contribution < -0.4 is 0 Å². The van der Waals surface area contributed by atoms with Crippen LogP contribution in [-0.2, 0) is 58.7 Å². The fourth-order valence-corrected chi connectivity index (χ4v) is 20.4. The molecule has 0 radical (unpaired) electrons. The normalized spacial score (nSPS) is 12.3. The van der Waals surface area contributed by atoms with E-state index < -0.39 is 0 Å². The van der Waals surface area contributed by atoms with E-state index in [1.807, 2.05) is 0 Å². The van der Waals surface area contributed by atoms with E-state index in [0.29, 0.717) is 0 Å². The fourth-order valence-electron chi connectivity index (χ4n) is 20.4. The Kier molecular flexibility index (Phi) is 103. The van der Waals surface area contributed by atoms with Crippen molar-refractivity contribution in [3.05, 3.63) is 203 Å². The van der Waals surface area contributed by atoms with E-state index in [1.165, 1.54) is 544 Å². The third-order valence-electron chi connectivity index (χ3n) is 29.2. The first kappa shape index (κ1) is 138. The summed E-state index contributed by atoms with van der Waals surface area (Å²) in [5.74, 6) is 0. The Hall–Kier alpha value is -3.97. The largest absolute Gasteiger partial charge is 2.00 e. The molecule has 0 saturated heterocycles. The van der Waals surface area contributed by atoms with Crippen LogP contribution >= 0.6 is 0 Å². The van der Waals surface area contributed by atoms with Crippen molar-refractivity contribution in [3.8, 4) is 0 Å². The summed E-state index contributed by atoms with van der Waals surface area (Å²) in [6, 6.07) is 36.1. The number of hydrogen-bond donors (Lipinski definition) is 0. The molecule has 0 aliphatic carbocycles. The second kappa shape index (κ2) is 105. The summed E-state index contributed by atoms with van der Waals surface area (Å²) >= 11 is 0. The number of unbranched alkanes of at least 4 members (excludes halogenated alkanes) is 68. The van der Waals surface area contributed by atoms with Crippen molar-refractivity contribution in [1.29, 1.82) is 0 Å². The van der Waals surface area contributed by atoms with Crippen molar-refractivity contribution in [2.24, 2.45) is 0 Å². The van der Waals surface area contributed by atoms with Crippen LogP contribution in [-0.4, -0.2) is 9.39 Å². The number of allylic oxidation sites excluding steroid dienone is 4. The fraction of sp³-hybridized carbons (Fsp3) is 0.731. The molecule has 0 N–H and O–H groups in total. The Bertz CT molecular complexity index is 3390. The summed E-state index contributed by atoms with van der Waals surface area (Å²) in [5, 5.41) is 0. The Morgan fingerprint density at radius 3 is 0.536 bits per heavy atom. The second-order valence-electron chi connectivity index (χ2n) is 41.8. The van der Waals surface area contributed by atoms with Gasteiger partial charge in [-0.05, 0) is 174 Å². The number of nitrogens with zero attached hydrogens (tertiary/aromatic N) is 4. The maximum absolute atomic E-state index is 12.0. The number of benzene rings is 4. The molecule has 0 unspecified atom stereocenters. The van der Waals surface area contributed by atoms with Crippen LogP contribution in [0.3, 0.4) is 0 Å². The summed E-state index contributed by atoms with van der Waals surface area (Å²) in [7, 11) is 0. The van der Waals surface area contributed by atoms with Crippen LogP contribution in [0.1, 0.15) is 654 Å². The van der Waals surface area contributed by atoms with Crippen molar-refractivity contribution in [2.45, 2.75) is 635 Å². The van der Waals surface area contributed by atoms with Crippen molar-refractivity contribution < 1.29 is 42.4 Å². The van der Waals surface area contributed by atoms with Crippen LogP contribution in [0.4, 0.5) is 0 Å². The minimum Gasteiger partial charge on any atom is -0.493 e. The van der Waals surface area contributed by atoms with Crippen molar-refractivity contribution in [2.75, 3.05) is 0 Å². The van der Waals surface area contributed by atoms with E-state index in [9.17, 15) is 11.1 Å². The molecule has 0 bridgehead atoms. The third kappa shape index (κ3) is 70.0. The zero-order valence-electron chi connectivity index (χ0n) is 95.3. The van der Waals surface area contributed by atoms with Gasteiger partial charge in [0, 0.05) is 44.5 Å². The topological polar surface area (TPSA) is 50.6 Å². The molecule has 2 aliphatic rings. The molecule has 808 valence electrons. The van der Waals surface area contributed by atoms with Crippen LogP contribution in [0.2, 0.25) is 0 Å². The molecule has 0 spiro atoms. The van der Waals surface area contributed by atoms with Gasteiger partial charge in [0.1, 0.15) is 0 Å². The molecule has 2 heterocycles. The molecule has 4 nitrogen and oxygen atoms in total. The van der Waals surface area contributed by atoms with Gasteiger partial charge in [0.2, 0.25) is 22.8 Å². The van der Waals surface area contributed by atoms with Gasteiger partial charge in [-0.1, -0.05) is 554 Å². The zero-order valence-corrected chi connectivity index (χ0v) is 97.3. The Balaban J connectivity index is 0. The quantitative estimate of drug-likeness (QED) is 0.0183.